The summed E-state index contributed by atoms with van der Waals surface area (Å²) in [6, 6.07) is -1.06. The molecule has 2 aliphatic carbocycles. The second kappa shape index (κ2) is 10.7. The Kier molecular flexibility index (Phi) is 10.1. The van der Waals surface area contributed by atoms with Crippen LogP contribution in [0.25, 0.3) is 0 Å². The third kappa shape index (κ3) is 7.25. The first-order chi connectivity index (χ1) is 10.5. The molecule has 0 heterocycles. The quantitative estimate of drug-likeness (QED) is 0.247. The molecule has 2 rings (SSSR count). The summed E-state index contributed by atoms with van der Waals surface area (Å²) in [5.74, 6) is 0. The Labute approximate surface area is 178 Å². The SMILES string of the molecule is O=[N+]([O-])C1CCC(OP([O-])OC2CCC([N+](=O)[O-])CC2)CC1.[K+]. The fraction of sp³-hybridized carbons (Fsp3) is 1.00. The van der Waals surface area contributed by atoms with Crippen LogP contribution in [0.5, 0.6) is 0 Å². The smallest absolute Gasteiger partial charge is 0.786 e. The molecule has 126 valence electrons. The molecule has 0 N–H and O–H groups in total. The van der Waals surface area contributed by atoms with Gasteiger partial charge in [0.25, 0.3) is 0 Å². The zero-order chi connectivity index (χ0) is 16.1. The minimum Gasteiger partial charge on any atom is -0.786 e. The average molecular weight is 374 g/mol. The largest absolute Gasteiger partial charge is 1.00 e. The maximum Gasteiger partial charge on any atom is 1.00 e. The van der Waals surface area contributed by atoms with E-state index < -0.39 is 20.7 Å². The fourth-order valence-electron chi connectivity index (χ4n) is 2.99. The molecule has 0 saturated heterocycles. The second-order valence-electron chi connectivity index (χ2n) is 5.87. The van der Waals surface area contributed by atoms with Crippen molar-refractivity contribution >= 4 is 8.60 Å². The Morgan fingerprint density at radius 3 is 1.30 bits per heavy atom. The van der Waals surface area contributed by atoms with Crippen LogP contribution in [-0.4, -0.2) is 34.1 Å². The minimum atomic E-state index is -2.28. The molecule has 0 amide bonds. The van der Waals surface area contributed by atoms with Crippen molar-refractivity contribution in [3.8, 4) is 0 Å². The molecule has 9 nitrogen and oxygen atoms in total. The van der Waals surface area contributed by atoms with Gasteiger partial charge in [0, 0.05) is 35.5 Å². The number of nitro groups is 2. The number of hydrogen-bond donors (Lipinski definition) is 0. The molecular weight excluding hydrogens is 354 g/mol. The third-order valence-corrected chi connectivity index (χ3v) is 5.29. The van der Waals surface area contributed by atoms with Gasteiger partial charge in [-0.05, 0) is 25.7 Å². The van der Waals surface area contributed by atoms with Crippen LogP contribution in [0.4, 0.5) is 0 Å². The third-order valence-electron chi connectivity index (χ3n) is 4.35. The van der Waals surface area contributed by atoms with Gasteiger partial charge in [0.2, 0.25) is 12.1 Å². The van der Waals surface area contributed by atoms with E-state index in [1.807, 2.05) is 0 Å². The molecule has 2 fully saturated rings. The Hall–Kier alpha value is 0.746. The van der Waals surface area contributed by atoms with Gasteiger partial charge in [0.05, 0.1) is 20.8 Å². The fourth-order valence-corrected chi connectivity index (χ4v) is 3.95. The molecule has 0 spiro atoms. The van der Waals surface area contributed by atoms with Gasteiger partial charge in [0.15, 0.2) is 0 Å². The van der Waals surface area contributed by atoms with Gasteiger partial charge in [0.1, 0.15) is 0 Å². The average Bonchev–Trinajstić information content (AvgIpc) is 2.48. The van der Waals surface area contributed by atoms with Gasteiger partial charge < -0.3 is 13.9 Å². The van der Waals surface area contributed by atoms with Crippen LogP contribution in [0.1, 0.15) is 51.4 Å². The predicted octanol–water partition coefficient (Wildman–Crippen LogP) is -1.21. The molecule has 11 heteroatoms. The summed E-state index contributed by atoms with van der Waals surface area (Å²) in [5.41, 5.74) is 0. The first-order valence-corrected chi connectivity index (χ1v) is 8.63. The maximum absolute atomic E-state index is 11.8. The summed E-state index contributed by atoms with van der Waals surface area (Å²) in [6.45, 7) is 0. The molecule has 0 aromatic rings. The van der Waals surface area contributed by atoms with Gasteiger partial charge >= 0.3 is 51.4 Å². The van der Waals surface area contributed by atoms with Gasteiger partial charge in [-0.3, -0.25) is 20.2 Å². The zero-order valence-electron chi connectivity index (χ0n) is 13.2. The number of nitrogens with zero attached hydrogens (tertiary/aromatic N) is 2. The van der Waals surface area contributed by atoms with Crippen LogP contribution in [0.2, 0.25) is 0 Å². The van der Waals surface area contributed by atoms with E-state index >= 15 is 0 Å². The summed E-state index contributed by atoms with van der Waals surface area (Å²) in [7, 11) is -2.28. The Morgan fingerprint density at radius 1 is 0.739 bits per heavy atom. The molecule has 2 aliphatic rings. The van der Waals surface area contributed by atoms with E-state index in [2.05, 4.69) is 0 Å². The molecule has 0 aromatic carbocycles. The molecule has 0 radical (unpaired) electrons. The predicted molar refractivity (Wildman–Crippen MR) is 75.2 cm³/mol. The van der Waals surface area contributed by atoms with Crippen molar-refractivity contribution in [1.82, 2.24) is 0 Å². The van der Waals surface area contributed by atoms with E-state index in [9.17, 15) is 25.1 Å². The van der Waals surface area contributed by atoms with Gasteiger partial charge in [-0.15, -0.1) is 0 Å². The van der Waals surface area contributed by atoms with Crippen molar-refractivity contribution in [1.29, 1.82) is 0 Å². The Balaban J connectivity index is 0.00000264. The van der Waals surface area contributed by atoms with Crippen molar-refractivity contribution in [2.75, 3.05) is 0 Å². The van der Waals surface area contributed by atoms with E-state index in [0.29, 0.717) is 51.4 Å². The monoisotopic (exact) mass is 374 g/mol. The van der Waals surface area contributed by atoms with Crippen LogP contribution in [0.3, 0.4) is 0 Å². The van der Waals surface area contributed by atoms with E-state index in [4.69, 9.17) is 9.05 Å². The summed E-state index contributed by atoms with van der Waals surface area (Å²) >= 11 is 0. The summed E-state index contributed by atoms with van der Waals surface area (Å²) in [6.07, 6.45) is 3.18. The van der Waals surface area contributed by atoms with Crippen molar-refractivity contribution in [3.05, 3.63) is 20.2 Å². The van der Waals surface area contributed by atoms with E-state index in [-0.39, 0.29) is 73.4 Å². The maximum atomic E-state index is 11.8. The first kappa shape index (κ1) is 21.8. The molecular formula is C12H20KN2O7P. The number of rotatable bonds is 6. The Morgan fingerprint density at radius 2 is 1.04 bits per heavy atom. The van der Waals surface area contributed by atoms with E-state index in [1.54, 1.807) is 0 Å². The van der Waals surface area contributed by atoms with Crippen LogP contribution in [0.15, 0.2) is 0 Å². The van der Waals surface area contributed by atoms with Crippen LogP contribution in [-0.2, 0) is 9.05 Å². The normalized spacial score (nSPS) is 32.6. The number of hydrogen-bond acceptors (Lipinski definition) is 7. The van der Waals surface area contributed by atoms with E-state index in [1.165, 1.54) is 0 Å². The summed E-state index contributed by atoms with van der Waals surface area (Å²) in [4.78, 5) is 32.6. The molecule has 0 unspecified atom stereocenters. The van der Waals surface area contributed by atoms with Crippen molar-refractivity contribution in [3.63, 3.8) is 0 Å². The van der Waals surface area contributed by atoms with Gasteiger partial charge in [-0.25, -0.2) is 0 Å². The molecule has 0 atom stereocenters. The van der Waals surface area contributed by atoms with Crippen LogP contribution < -0.4 is 56.3 Å². The standard InChI is InChI=1S/C12H20N2O7P.K/c15-13(16)9-1-5-11(6-2-9)20-22(19)21-12-7-3-10(4-8-12)14(17)18;/h9-12H,1-8H2;/q-1;+1. The molecule has 0 aromatic heterocycles. The van der Waals surface area contributed by atoms with Gasteiger partial charge in [-0.2, -0.15) is 0 Å². The van der Waals surface area contributed by atoms with Crippen molar-refractivity contribution in [2.24, 2.45) is 0 Å². The first-order valence-electron chi connectivity index (χ1n) is 7.53. The molecule has 2 saturated carbocycles. The summed E-state index contributed by atoms with van der Waals surface area (Å²) < 4.78 is 10.7. The summed E-state index contributed by atoms with van der Waals surface area (Å²) in [5, 5.41) is 21.3. The zero-order valence-corrected chi connectivity index (χ0v) is 17.2. The second-order valence-corrected chi connectivity index (χ2v) is 6.74. The van der Waals surface area contributed by atoms with E-state index in [0.717, 1.165) is 0 Å². The van der Waals surface area contributed by atoms with Crippen LogP contribution >= 0.6 is 8.60 Å². The molecule has 0 aliphatic heterocycles. The van der Waals surface area contributed by atoms with Crippen molar-refractivity contribution in [2.45, 2.75) is 75.7 Å². The van der Waals surface area contributed by atoms with Crippen molar-refractivity contribution < 1.29 is 75.2 Å². The topological polar surface area (TPSA) is 128 Å². The molecule has 23 heavy (non-hydrogen) atoms. The van der Waals surface area contributed by atoms with Crippen LogP contribution in [0, 0.1) is 20.2 Å². The minimum absolute atomic E-state index is 0. The van der Waals surface area contributed by atoms with Gasteiger partial charge in [-0.1, -0.05) is 0 Å². The molecule has 0 bridgehead atoms. The Bertz CT molecular complexity index is 365.